The van der Waals surface area contributed by atoms with Crippen molar-refractivity contribution in [3.05, 3.63) is 0 Å². The fraction of sp³-hybridized carbons (Fsp3) is 1.00. The molecule has 0 spiro atoms. The van der Waals surface area contributed by atoms with E-state index in [-0.39, 0.29) is 17.8 Å². The molecular weight excluding hydrogens is 212 g/mol. The van der Waals surface area contributed by atoms with E-state index in [2.05, 4.69) is 25.7 Å². The number of rotatable bonds is 4. The Morgan fingerprint density at radius 2 is 2.00 bits per heavy atom. The van der Waals surface area contributed by atoms with Crippen LogP contribution in [-0.2, 0) is 4.74 Å². The lowest BCUT2D eigenvalue weighted by atomic mass is 9.94. The second kappa shape index (κ2) is 6.04. The van der Waals surface area contributed by atoms with E-state index in [1.807, 2.05) is 0 Å². The van der Waals surface area contributed by atoms with Crippen molar-refractivity contribution in [2.75, 3.05) is 33.4 Å². The zero-order valence-electron chi connectivity index (χ0n) is 10.3. The minimum Gasteiger partial charge on any atom is -0.384 e. The fourth-order valence-electron chi connectivity index (χ4n) is 2.27. The fourth-order valence-corrected chi connectivity index (χ4v) is 2.27. The van der Waals surface area contributed by atoms with Gasteiger partial charge in [0.2, 0.25) is 0 Å². The number of halogens is 1. The van der Waals surface area contributed by atoms with Crippen LogP contribution in [0.4, 0.5) is 0 Å². The van der Waals surface area contributed by atoms with E-state index in [9.17, 15) is 0 Å². The Bertz CT molecular complexity index is 177. The molecule has 0 bridgehead atoms. The quantitative estimate of drug-likeness (QED) is 0.801. The zero-order valence-corrected chi connectivity index (χ0v) is 11.1. The maximum atomic E-state index is 5.99. The van der Waals surface area contributed by atoms with Crippen molar-refractivity contribution < 1.29 is 4.74 Å². The maximum absolute atomic E-state index is 5.99. The van der Waals surface area contributed by atoms with Crippen LogP contribution in [0, 0.1) is 11.3 Å². The highest BCUT2D eigenvalue weighted by Gasteiger charge is 2.30. The van der Waals surface area contributed by atoms with Crippen LogP contribution in [0.2, 0.25) is 0 Å². The van der Waals surface area contributed by atoms with Gasteiger partial charge in [0.15, 0.2) is 0 Å². The topological polar surface area (TPSA) is 38.5 Å². The van der Waals surface area contributed by atoms with Gasteiger partial charge in [0, 0.05) is 38.2 Å². The van der Waals surface area contributed by atoms with Crippen molar-refractivity contribution >= 4 is 12.4 Å². The normalized spacial score (nSPS) is 27.8. The van der Waals surface area contributed by atoms with Gasteiger partial charge in [-0.15, -0.1) is 12.4 Å². The zero-order chi connectivity index (χ0) is 10.8. The predicted molar refractivity (Wildman–Crippen MR) is 66.5 cm³/mol. The van der Waals surface area contributed by atoms with E-state index in [0.29, 0.717) is 12.0 Å². The molecule has 1 rings (SSSR count). The summed E-state index contributed by atoms with van der Waals surface area (Å²) >= 11 is 0. The van der Waals surface area contributed by atoms with E-state index < -0.39 is 0 Å². The summed E-state index contributed by atoms with van der Waals surface area (Å²) in [5, 5.41) is 0. The van der Waals surface area contributed by atoms with Crippen LogP contribution in [0.1, 0.15) is 20.8 Å². The van der Waals surface area contributed by atoms with Crippen LogP contribution in [0.5, 0.6) is 0 Å². The van der Waals surface area contributed by atoms with Crippen molar-refractivity contribution in [2.24, 2.45) is 17.1 Å². The van der Waals surface area contributed by atoms with Gasteiger partial charge in [0.1, 0.15) is 0 Å². The summed E-state index contributed by atoms with van der Waals surface area (Å²) in [6.07, 6.45) is 0. The summed E-state index contributed by atoms with van der Waals surface area (Å²) in [5.74, 6) is 0.633. The molecule has 1 aliphatic rings. The standard InChI is InChI=1S/C11H24N2O.ClH/c1-9-5-13(6-10(9)12)7-11(2,3)8-14-4;/h9-10H,5-8,12H2,1-4H3;1H. The van der Waals surface area contributed by atoms with Crippen LogP contribution in [-0.4, -0.2) is 44.3 Å². The Morgan fingerprint density at radius 1 is 1.40 bits per heavy atom. The van der Waals surface area contributed by atoms with Crippen LogP contribution >= 0.6 is 12.4 Å². The molecule has 15 heavy (non-hydrogen) atoms. The second-order valence-corrected chi connectivity index (χ2v) is 5.43. The molecule has 92 valence electrons. The van der Waals surface area contributed by atoms with E-state index in [1.54, 1.807) is 7.11 Å². The Balaban J connectivity index is 0.00000196. The first-order chi connectivity index (χ1) is 6.44. The van der Waals surface area contributed by atoms with Gasteiger partial charge in [0.05, 0.1) is 6.61 Å². The molecule has 4 heteroatoms. The lowest BCUT2D eigenvalue weighted by molar-refractivity contribution is 0.0758. The highest BCUT2D eigenvalue weighted by Crippen LogP contribution is 2.22. The maximum Gasteiger partial charge on any atom is 0.0525 e. The molecular formula is C11H25ClN2O. The van der Waals surface area contributed by atoms with Crippen LogP contribution in [0.3, 0.4) is 0 Å². The lowest BCUT2D eigenvalue weighted by Gasteiger charge is -2.29. The molecule has 0 saturated carbocycles. The predicted octanol–water partition coefficient (Wildman–Crippen LogP) is 1.36. The molecule has 1 heterocycles. The SMILES string of the molecule is COCC(C)(C)CN1CC(C)C(N)C1.Cl. The summed E-state index contributed by atoms with van der Waals surface area (Å²) in [7, 11) is 1.76. The minimum absolute atomic E-state index is 0. The van der Waals surface area contributed by atoms with E-state index in [4.69, 9.17) is 10.5 Å². The van der Waals surface area contributed by atoms with E-state index in [0.717, 1.165) is 26.2 Å². The number of nitrogens with zero attached hydrogens (tertiary/aromatic N) is 1. The largest absolute Gasteiger partial charge is 0.384 e. The number of ether oxygens (including phenoxy) is 1. The molecule has 3 nitrogen and oxygen atoms in total. The van der Waals surface area contributed by atoms with Crippen molar-refractivity contribution in [2.45, 2.75) is 26.8 Å². The first kappa shape index (κ1) is 15.2. The summed E-state index contributed by atoms with van der Waals surface area (Å²) in [4.78, 5) is 2.45. The van der Waals surface area contributed by atoms with Crippen LogP contribution < -0.4 is 5.73 Å². The van der Waals surface area contributed by atoms with Crippen molar-refractivity contribution in [1.29, 1.82) is 0 Å². The third-order valence-corrected chi connectivity index (χ3v) is 2.93. The highest BCUT2D eigenvalue weighted by molar-refractivity contribution is 5.85. The summed E-state index contributed by atoms with van der Waals surface area (Å²) in [6.45, 7) is 10.8. The third-order valence-electron chi connectivity index (χ3n) is 2.93. The number of hydrogen-bond acceptors (Lipinski definition) is 3. The number of nitrogens with two attached hydrogens (primary N) is 1. The molecule has 1 aliphatic heterocycles. The molecule has 2 atom stereocenters. The Kier molecular flexibility index (Phi) is 6.11. The molecule has 0 aromatic carbocycles. The molecule has 2 N–H and O–H groups in total. The minimum atomic E-state index is 0. The van der Waals surface area contributed by atoms with Gasteiger partial charge >= 0.3 is 0 Å². The average Bonchev–Trinajstić information content (AvgIpc) is 2.29. The molecule has 1 saturated heterocycles. The highest BCUT2D eigenvalue weighted by atomic mass is 35.5. The first-order valence-electron chi connectivity index (χ1n) is 5.41. The van der Waals surface area contributed by atoms with Crippen molar-refractivity contribution in [3.8, 4) is 0 Å². The van der Waals surface area contributed by atoms with Gasteiger partial charge in [-0.1, -0.05) is 20.8 Å². The van der Waals surface area contributed by atoms with Gasteiger partial charge in [-0.3, -0.25) is 0 Å². The van der Waals surface area contributed by atoms with Gasteiger partial charge in [-0.2, -0.15) is 0 Å². The number of likely N-dealkylation sites (tertiary alicyclic amines) is 1. The molecule has 0 aromatic heterocycles. The Hall–Kier alpha value is 0.170. The van der Waals surface area contributed by atoms with Crippen molar-refractivity contribution in [1.82, 2.24) is 4.90 Å². The lowest BCUT2D eigenvalue weighted by Crippen LogP contribution is -2.37. The second-order valence-electron chi connectivity index (χ2n) is 5.43. The molecule has 0 radical (unpaired) electrons. The van der Waals surface area contributed by atoms with Crippen LogP contribution in [0.15, 0.2) is 0 Å². The third kappa shape index (κ3) is 4.68. The molecule has 2 unspecified atom stereocenters. The van der Waals surface area contributed by atoms with E-state index in [1.165, 1.54) is 0 Å². The first-order valence-corrected chi connectivity index (χ1v) is 5.41. The van der Waals surface area contributed by atoms with Crippen molar-refractivity contribution in [3.63, 3.8) is 0 Å². The molecule has 0 aliphatic carbocycles. The summed E-state index contributed by atoms with van der Waals surface area (Å²) < 4.78 is 5.21. The van der Waals surface area contributed by atoms with Gasteiger partial charge < -0.3 is 15.4 Å². The van der Waals surface area contributed by atoms with Gasteiger partial charge in [-0.25, -0.2) is 0 Å². The summed E-state index contributed by atoms with van der Waals surface area (Å²) in [6, 6.07) is 0.355. The average molecular weight is 237 g/mol. The van der Waals surface area contributed by atoms with Gasteiger partial charge in [0.25, 0.3) is 0 Å². The molecule has 0 aromatic rings. The summed E-state index contributed by atoms with van der Waals surface area (Å²) in [5.41, 5.74) is 6.22. The Labute approximate surface area is 99.7 Å². The smallest absolute Gasteiger partial charge is 0.0525 e. The Morgan fingerprint density at radius 3 is 2.40 bits per heavy atom. The van der Waals surface area contributed by atoms with Crippen LogP contribution in [0.25, 0.3) is 0 Å². The van der Waals surface area contributed by atoms with E-state index >= 15 is 0 Å². The monoisotopic (exact) mass is 236 g/mol. The molecule has 1 fully saturated rings. The molecule has 0 amide bonds. The van der Waals surface area contributed by atoms with Gasteiger partial charge in [-0.05, 0) is 5.92 Å². The number of hydrogen-bond donors (Lipinski definition) is 1. The number of methoxy groups -OCH3 is 1.